The molecule has 2 rings (SSSR count). The first-order valence-electron chi connectivity index (χ1n) is 7.11. The molecule has 0 saturated carbocycles. The lowest BCUT2D eigenvalue weighted by molar-refractivity contribution is 0.0255. The van der Waals surface area contributed by atoms with Crippen molar-refractivity contribution >= 4 is 10.0 Å². The highest BCUT2D eigenvalue weighted by Gasteiger charge is 2.37. The van der Waals surface area contributed by atoms with E-state index in [9.17, 15) is 8.42 Å². The number of likely N-dealkylation sites (N-methyl/N-ethyl adjacent to an activating group) is 1. The lowest BCUT2D eigenvalue weighted by Gasteiger charge is -2.37. The number of piperidine rings is 1. The van der Waals surface area contributed by atoms with Crippen LogP contribution in [0.1, 0.15) is 32.1 Å². The van der Waals surface area contributed by atoms with E-state index in [2.05, 4.69) is 4.90 Å². The summed E-state index contributed by atoms with van der Waals surface area (Å²) in [6.45, 7) is 1.29. The second kappa shape index (κ2) is 6.08. The van der Waals surface area contributed by atoms with E-state index in [0.29, 0.717) is 18.6 Å². The number of hydrogen-bond acceptors (Lipinski definition) is 4. The summed E-state index contributed by atoms with van der Waals surface area (Å²) < 4.78 is 29.8. The van der Waals surface area contributed by atoms with Crippen molar-refractivity contribution in [3.8, 4) is 0 Å². The monoisotopic (exact) mass is 290 g/mol. The molecule has 1 unspecified atom stereocenters. The maximum absolute atomic E-state index is 11.5. The highest BCUT2D eigenvalue weighted by molar-refractivity contribution is 7.88. The molecule has 0 aliphatic carbocycles. The van der Waals surface area contributed by atoms with Crippen LogP contribution in [0, 0.1) is 0 Å². The molecule has 0 spiro atoms. The van der Waals surface area contributed by atoms with Crippen molar-refractivity contribution in [2.75, 3.05) is 33.5 Å². The smallest absolute Gasteiger partial charge is 0.211 e. The Hall–Kier alpha value is -0.170. The number of methoxy groups -OCH3 is 1. The minimum absolute atomic E-state index is 0.0408. The van der Waals surface area contributed by atoms with E-state index in [1.807, 2.05) is 0 Å². The largest absolute Gasteiger partial charge is 0.379 e. The minimum Gasteiger partial charge on any atom is -0.379 e. The van der Waals surface area contributed by atoms with Gasteiger partial charge in [-0.3, -0.25) is 4.90 Å². The molecule has 112 valence electrons. The summed E-state index contributed by atoms with van der Waals surface area (Å²) in [6, 6.07) is 1.39. The van der Waals surface area contributed by atoms with Crippen molar-refractivity contribution in [2.24, 2.45) is 0 Å². The molecule has 19 heavy (non-hydrogen) atoms. The van der Waals surface area contributed by atoms with Crippen LogP contribution < -0.4 is 0 Å². The van der Waals surface area contributed by atoms with Crippen LogP contribution in [-0.2, 0) is 14.8 Å². The maximum Gasteiger partial charge on any atom is 0.211 e. The third-order valence-corrected chi connectivity index (χ3v) is 5.90. The first kappa shape index (κ1) is 15.2. The first-order valence-corrected chi connectivity index (χ1v) is 8.96. The molecule has 0 amide bonds. The van der Waals surface area contributed by atoms with Crippen molar-refractivity contribution in [1.29, 1.82) is 0 Å². The van der Waals surface area contributed by atoms with Gasteiger partial charge < -0.3 is 4.74 Å². The number of nitrogens with zero attached hydrogens (tertiary/aromatic N) is 2. The summed E-state index contributed by atoms with van der Waals surface area (Å²) >= 11 is 0. The van der Waals surface area contributed by atoms with Crippen molar-refractivity contribution in [3.63, 3.8) is 0 Å². The number of ether oxygens (including phenoxy) is 1. The van der Waals surface area contributed by atoms with E-state index >= 15 is 0 Å². The van der Waals surface area contributed by atoms with Crippen molar-refractivity contribution in [2.45, 2.75) is 50.3 Å². The zero-order valence-corrected chi connectivity index (χ0v) is 13.0. The van der Waals surface area contributed by atoms with E-state index in [0.717, 1.165) is 6.54 Å². The highest BCUT2D eigenvalue weighted by atomic mass is 32.2. The predicted octanol–water partition coefficient (Wildman–Crippen LogP) is 0.910. The van der Waals surface area contributed by atoms with Crippen LogP contribution in [-0.4, -0.2) is 69.3 Å². The molecule has 2 saturated heterocycles. The van der Waals surface area contributed by atoms with Gasteiger partial charge in [0.2, 0.25) is 10.0 Å². The van der Waals surface area contributed by atoms with E-state index < -0.39 is 10.0 Å². The number of sulfonamides is 1. The summed E-state index contributed by atoms with van der Waals surface area (Å²) in [7, 11) is 0.165. The lowest BCUT2D eigenvalue weighted by atomic mass is 10.0. The van der Waals surface area contributed by atoms with Gasteiger partial charge >= 0.3 is 0 Å². The second-order valence-electron chi connectivity index (χ2n) is 5.91. The summed E-state index contributed by atoms with van der Waals surface area (Å²) in [5, 5.41) is 0. The van der Waals surface area contributed by atoms with Gasteiger partial charge in [0, 0.05) is 39.3 Å². The molecule has 2 bridgehead atoms. The van der Waals surface area contributed by atoms with Gasteiger partial charge in [-0.15, -0.1) is 0 Å². The molecule has 5 nitrogen and oxygen atoms in total. The van der Waals surface area contributed by atoms with E-state index in [1.54, 1.807) is 14.2 Å². The first-order chi connectivity index (χ1) is 8.91. The van der Waals surface area contributed by atoms with Crippen molar-refractivity contribution in [1.82, 2.24) is 9.21 Å². The number of hydrogen-bond donors (Lipinski definition) is 0. The topological polar surface area (TPSA) is 49.9 Å². The average molecular weight is 290 g/mol. The van der Waals surface area contributed by atoms with Gasteiger partial charge in [0.1, 0.15) is 0 Å². The fraction of sp³-hybridized carbons (Fsp3) is 1.00. The molecular formula is C13H26N2O3S. The number of fused-ring (bicyclic) bond motifs is 2. The minimum atomic E-state index is -3.13. The molecule has 2 aliphatic heterocycles. The van der Waals surface area contributed by atoms with Gasteiger partial charge in [0.05, 0.1) is 12.4 Å². The molecule has 0 N–H and O–H groups in total. The van der Waals surface area contributed by atoms with E-state index in [-0.39, 0.29) is 6.10 Å². The summed E-state index contributed by atoms with van der Waals surface area (Å²) in [5.74, 6) is 0. The SMILES string of the molecule is COC(CN1[C@@H]2CCC[C@H]1CC2)CN(C)S(C)(=O)=O. The molecule has 0 aromatic heterocycles. The molecular weight excluding hydrogens is 264 g/mol. The average Bonchev–Trinajstić information content (AvgIpc) is 2.58. The standard InChI is InChI=1S/C13H26N2O3S/c1-14(19(3,16)17)9-13(18-2)10-15-11-5-4-6-12(15)8-7-11/h11-13H,4-10H2,1-3H3/t11-,12+,13?. The summed E-state index contributed by atoms with van der Waals surface area (Å²) in [4.78, 5) is 2.55. The Labute approximate surface area is 117 Å². The Kier molecular flexibility index (Phi) is 4.87. The number of rotatable bonds is 6. The zero-order chi connectivity index (χ0) is 14.0. The summed E-state index contributed by atoms with van der Waals surface area (Å²) in [6.07, 6.45) is 7.70. The van der Waals surface area contributed by atoms with Crippen molar-refractivity contribution in [3.05, 3.63) is 0 Å². The molecule has 0 radical (unpaired) electrons. The zero-order valence-electron chi connectivity index (χ0n) is 12.2. The predicted molar refractivity (Wildman–Crippen MR) is 75.6 cm³/mol. The Morgan fingerprint density at radius 1 is 1.26 bits per heavy atom. The van der Waals surface area contributed by atoms with E-state index in [1.165, 1.54) is 42.7 Å². The van der Waals surface area contributed by atoms with E-state index in [4.69, 9.17) is 4.74 Å². The molecule has 2 fully saturated rings. The normalized spacial score (nSPS) is 29.9. The Morgan fingerprint density at radius 3 is 2.32 bits per heavy atom. The Morgan fingerprint density at radius 2 is 1.84 bits per heavy atom. The molecule has 6 heteroatoms. The van der Waals surface area contributed by atoms with Crippen LogP contribution in [0.3, 0.4) is 0 Å². The highest BCUT2D eigenvalue weighted by Crippen LogP contribution is 2.35. The van der Waals surface area contributed by atoms with Crippen LogP contribution >= 0.6 is 0 Å². The van der Waals surface area contributed by atoms with Gasteiger partial charge in [-0.1, -0.05) is 6.42 Å². The fourth-order valence-electron chi connectivity index (χ4n) is 3.39. The van der Waals surface area contributed by atoms with Crippen LogP contribution in [0.4, 0.5) is 0 Å². The van der Waals surface area contributed by atoms with Gasteiger partial charge in [-0.25, -0.2) is 12.7 Å². The van der Waals surface area contributed by atoms with Gasteiger partial charge in [0.25, 0.3) is 0 Å². The third-order valence-electron chi connectivity index (χ3n) is 4.62. The van der Waals surface area contributed by atoms with Gasteiger partial charge in [-0.2, -0.15) is 0 Å². The van der Waals surface area contributed by atoms with Crippen LogP contribution in [0.25, 0.3) is 0 Å². The molecule has 0 aromatic carbocycles. The molecule has 3 atom stereocenters. The molecule has 2 aliphatic rings. The Balaban J connectivity index is 1.92. The Bertz CT molecular complexity index is 383. The van der Waals surface area contributed by atoms with Crippen LogP contribution in [0.5, 0.6) is 0 Å². The van der Waals surface area contributed by atoms with Crippen molar-refractivity contribution < 1.29 is 13.2 Å². The fourth-order valence-corrected chi connectivity index (χ4v) is 3.82. The molecule has 0 aromatic rings. The van der Waals surface area contributed by atoms with Crippen LogP contribution in [0.2, 0.25) is 0 Å². The van der Waals surface area contributed by atoms with Gasteiger partial charge in [0.15, 0.2) is 0 Å². The maximum atomic E-state index is 11.5. The third kappa shape index (κ3) is 3.68. The quantitative estimate of drug-likeness (QED) is 0.729. The second-order valence-corrected chi connectivity index (χ2v) is 8.00. The van der Waals surface area contributed by atoms with Gasteiger partial charge in [-0.05, 0) is 25.7 Å². The van der Waals surface area contributed by atoms with Crippen LogP contribution in [0.15, 0.2) is 0 Å². The molecule has 2 heterocycles. The summed E-state index contributed by atoms with van der Waals surface area (Å²) in [5.41, 5.74) is 0. The lowest BCUT2D eigenvalue weighted by Crippen LogP contribution is -2.47.